The quantitative estimate of drug-likeness (QED) is 0.736. The number of halogens is 3. The van der Waals surface area contributed by atoms with Crippen LogP contribution in [-0.4, -0.2) is 55.0 Å². The maximum Gasteiger partial charge on any atom is 0.411 e. The molecule has 0 aromatic carbocycles. The molecule has 15 heavy (non-hydrogen) atoms. The molecule has 88 valence electrons. The van der Waals surface area contributed by atoms with E-state index >= 15 is 0 Å². The van der Waals surface area contributed by atoms with Gasteiger partial charge < -0.3 is 14.7 Å². The third kappa shape index (κ3) is 4.05. The summed E-state index contributed by atoms with van der Waals surface area (Å²) in [5.74, 6) is -0.416. The second-order valence-corrected chi connectivity index (χ2v) is 3.46. The zero-order chi connectivity index (χ0) is 11.5. The molecule has 0 unspecified atom stereocenters. The fourth-order valence-electron chi connectivity index (χ4n) is 1.23. The molecular weight excluding hydrogens is 215 g/mol. The van der Waals surface area contributed by atoms with Crippen LogP contribution in [0.1, 0.15) is 0 Å². The molecule has 1 aliphatic heterocycles. The predicted molar refractivity (Wildman–Crippen MR) is 44.0 cm³/mol. The van der Waals surface area contributed by atoms with E-state index in [0.29, 0.717) is 13.1 Å². The topological polar surface area (TPSA) is 49.8 Å². The Labute approximate surface area is 84.6 Å². The smallest absolute Gasteiger partial charge is 0.396 e. The average Bonchev–Trinajstić information content (AvgIpc) is 1.99. The van der Waals surface area contributed by atoms with Crippen molar-refractivity contribution in [2.45, 2.75) is 6.18 Å². The number of aliphatic hydroxyl groups excluding tert-OH is 1. The van der Waals surface area contributed by atoms with Crippen molar-refractivity contribution < 1.29 is 27.8 Å². The molecule has 4 nitrogen and oxygen atoms in total. The van der Waals surface area contributed by atoms with E-state index in [0.717, 1.165) is 0 Å². The van der Waals surface area contributed by atoms with Gasteiger partial charge in [-0.15, -0.1) is 0 Å². The van der Waals surface area contributed by atoms with Gasteiger partial charge in [0.2, 0.25) is 5.91 Å². The van der Waals surface area contributed by atoms with E-state index in [9.17, 15) is 18.0 Å². The summed E-state index contributed by atoms with van der Waals surface area (Å²) in [5, 5.41) is 8.65. The molecule has 1 aliphatic rings. The fraction of sp³-hybridized carbons (Fsp3) is 0.875. The molecule has 0 aromatic rings. The first-order valence-electron chi connectivity index (χ1n) is 4.45. The number of hydrogen-bond acceptors (Lipinski definition) is 3. The van der Waals surface area contributed by atoms with Gasteiger partial charge in [0.05, 0.1) is 0 Å². The van der Waals surface area contributed by atoms with Gasteiger partial charge in [-0.05, 0) is 0 Å². The molecule has 0 radical (unpaired) electrons. The summed E-state index contributed by atoms with van der Waals surface area (Å²) in [6.45, 7) is -1.18. The van der Waals surface area contributed by atoms with Gasteiger partial charge in [0.15, 0.2) is 0 Å². The van der Waals surface area contributed by atoms with Crippen LogP contribution in [0.15, 0.2) is 0 Å². The number of nitrogens with zero attached hydrogens (tertiary/aromatic N) is 1. The number of alkyl halides is 3. The zero-order valence-electron chi connectivity index (χ0n) is 7.96. The lowest BCUT2D eigenvalue weighted by Crippen LogP contribution is -2.52. The highest BCUT2D eigenvalue weighted by Crippen LogP contribution is 2.16. The Morgan fingerprint density at radius 2 is 2.07 bits per heavy atom. The molecule has 0 saturated carbocycles. The monoisotopic (exact) mass is 227 g/mol. The van der Waals surface area contributed by atoms with E-state index in [1.807, 2.05) is 0 Å². The van der Waals surface area contributed by atoms with E-state index in [1.54, 1.807) is 0 Å². The number of ether oxygens (including phenoxy) is 1. The molecule has 1 N–H and O–H groups in total. The zero-order valence-corrected chi connectivity index (χ0v) is 7.96. The van der Waals surface area contributed by atoms with Crippen LogP contribution in [-0.2, 0) is 9.53 Å². The van der Waals surface area contributed by atoms with Crippen molar-refractivity contribution in [2.75, 3.05) is 32.9 Å². The van der Waals surface area contributed by atoms with Gasteiger partial charge in [0, 0.05) is 25.6 Å². The lowest BCUT2D eigenvalue weighted by atomic mass is 10.0. The van der Waals surface area contributed by atoms with Crippen molar-refractivity contribution >= 4 is 5.91 Å². The summed E-state index contributed by atoms with van der Waals surface area (Å²) in [4.78, 5) is 12.5. The molecule has 1 saturated heterocycles. The third-order valence-electron chi connectivity index (χ3n) is 2.06. The van der Waals surface area contributed by atoms with E-state index in [4.69, 9.17) is 5.11 Å². The maximum atomic E-state index is 11.6. The number of carbonyl (C=O) groups excluding carboxylic acids is 1. The third-order valence-corrected chi connectivity index (χ3v) is 2.06. The van der Waals surface area contributed by atoms with Crippen LogP contribution < -0.4 is 0 Å². The molecule has 7 heteroatoms. The number of amides is 1. The lowest BCUT2D eigenvalue weighted by molar-refractivity contribution is -0.179. The van der Waals surface area contributed by atoms with Crippen molar-refractivity contribution in [2.24, 2.45) is 5.92 Å². The first kappa shape index (κ1) is 12.3. The molecule has 0 aromatic heterocycles. The number of rotatable bonds is 4. The van der Waals surface area contributed by atoms with Gasteiger partial charge >= 0.3 is 6.18 Å². The lowest BCUT2D eigenvalue weighted by Gasteiger charge is -2.38. The summed E-state index contributed by atoms with van der Waals surface area (Å²) >= 11 is 0. The number of carbonyl (C=O) groups is 1. The highest BCUT2D eigenvalue weighted by molar-refractivity contribution is 5.78. The molecular formula is C8H12F3NO3. The molecule has 0 aliphatic carbocycles. The Hall–Kier alpha value is -0.820. The van der Waals surface area contributed by atoms with E-state index in [2.05, 4.69) is 4.74 Å². The molecule has 0 bridgehead atoms. The van der Waals surface area contributed by atoms with Crippen LogP contribution in [0.2, 0.25) is 0 Å². The normalized spacial score (nSPS) is 17.7. The molecule has 1 amide bonds. The van der Waals surface area contributed by atoms with E-state index in [1.165, 1.54) is 4.90 Å². The molecule has 0 spiro atoms. The highest BCUT2D eigenvalue weighted by atomic mass is 19.4. The summed E-state index contributed by atoms with van der Waals surface area (Å²) in [6.07, 6.45) is -4.40. The van der Waals surface area contributed by atoms with Crippen molar-refractivity contribution in [1.82, 2.24) is 4.90 Å². The van der Waals surface area contributed by atoms with E-state index < -0.39 is 25.3 Å². The van der Waals surface area contributed by atoms with Gasteiger partial charge in [0.1, 0.15) is 13.2 Å². The minimum Gasteiger partial charge on any atom is -0.396 e. The average molecular weight is 227 g/mol. The predicted octanol–water partition coefficient (Wildman–Crippen LogP) is 0.0160. The Morgan fingerprint density at radius 3 is 2.53 bits per heavy atom. The van der Waals surface area contributed by atoms with Gasteiger partial charge in [-0.3, -0.25) is 4.79 Å². The van der Waals surface area contributed by atoms with Gasteiger partial charge in [-0.1, -0.05) is 0 Å². The van der Waals surface area contributed by atoms with Crippen molar-refractivity contribution in [3.63, 3.8) is 0 Å². The van der Waals surface area contributed by atoms with Crippen LogP contribution >= 0.6 is 0 Å². The fourth-order valence-corrected chi connectivity index (χ4v) is 1.23. The Bertz CT molecular complexity index is 226. The van der Waals surface area contributed by atoms with Crippen LogP contribution in [0, 0.1) is 5.92 Å². The molecule has 0 atom stereocenters. The van der Waals surface area contributed by atoms with Gasteiger partial charge in [-0.2, -0.15) is 13.2 Å². The number of aliphatic hydroxyl groups is 1. The van der Waals surface area contributed by atoms with Crippen LogP contribution in [0.5, 0.6) is 0 Å². The Balaban J connectivity index is 2.10. The highest BCUT2D eigenvalue weighted by Gasteiger charge is 2.31. The van der Waals surface area contributed by atoms with Gasteiger partial charge in [-0.25, -0.2) is 0 Å². The SMILES string of the molecule is O=C(COCC(F)(F)F)N1CC(CO)C1. The number of hydrogen-bond donors (Lipinski definition) is 1. The van der Waals surface area contributed by atoms with Crippen molar-refractivity contribution in [3.05, 3.63) is 0 Å². The summed E-state index contributed by atoms with van der Waals surface area (Å²) in [7, 11) is 0. The Kier molecular flexibility index (Phi) is 3.92. The summed E-state index contributed by atoms with van der Waals surface area (Å²) in [5.41, 5.74) is 0. The second kappa shape index (κ2) is 4.80. The molecule has 1 fully saturated rings. The minimum absolute atomic E-state index is 0.00676. The molecule has 1 rings (SSSR count). The van der Waals surface area contributed by atoms with Crippen LogP contribution in [0.3, 0.4) is 0 Å². The summed E-state index contributed by atoms with van der Waals surface area (Å²) in [6, 6.07) is 0. The van der Waals surface area contributed by atoms with Crippen LogP contribution in [0.25, 0.3) is 0 Å². The van der Waals surface area contributed by atoms with Crippen LogP contribution in [0.4, 0.5) is 13.2 Å². The largest absolute Gasteiger partial charge is 0.411 e. The number of likely N-dealkylation sites (tertiary alicyclic amines) is 1. The summed E-state index contributed by atoms with van der Waals surface area (Å²) < 4.78 is 39.1. The van der Waals surface area contributed by atoms with E-state index in [-0.39, 0.29) is 12.5 Å². The van der Waals surface area contributed by atoms with Crippen molar-refractivity contribution in [3.8, 4) is 0 Å². The second-order valence-electron chi connectivity index (χ2n) is 3.46. The first-order chi connectivity index (χ1) is 6.92. The van der Waals surface area contributed by atoms with Crippen molar-refractivity contribution in [1.29, 1.82) is 0 Å². The first-order valence-corrected chi connectivity index (χ1v) is 4.45. The standard InChI is InChI=1S/C8H12F3NO3/c9-8(10,11)5-15-4-7(14)12-1-6(2-12)3-13/h6,13H,1-5H2. The maximum absolute atomic E-state index is 11.6. The molecule has 1 heterocycles. The van der Waals surface area contributed by atoms with Gasteiger partial charge in [0.25, 0.3) is 0 Å². The minimum atomic E-state index is -4.40. The Morgan fingerprint density at radius 1 is 1.47 bits per heavy atom.